The molecule has 10 heteroatoms. The quantitative estimate of drug-likeness (QED) is 0.389. The predicted octanol–water partition coefficient (Wildman–Crippen LogP) is -4.98. The Morgan fingerprint density at radius 3 is 0.556 bits per heavy atom. The van der Waals surface area contributed by atoms with E-state index < -0.39 is 23.9 Å². The molecule has 0 spiro atoms. The molecular formula is C8H12CoCuO8. The molecule has 2 radical (unpaired) electrons. The molecule has 18 heavy (non-hydrogen) atoms. The van der Waals surface area contributed by atoms with Gasteiger partial charge < -0.3 is 39.6 Å². The van der Waals surface area contributed by atoms with E-state index in [4.69, 9.17) is 39.6 Å². The standard InChI is InChI=1S/4C2H4O2.Co.Cu/c4*1-2(3)4;;/h4*1H3,(H,3,4);;/q;;;;2*+2/p-4. The second-order valence-corrected chi connectivity index (χ2v) is 1.97. The van der Waals surface area contributed by atoms with Gasteiger partial charge in [0.05, 0.1) is 0 Å². The first kappa shape index (κ1) is 36.0. The van der Waals surface area contributed by atoms with Gasteiger partial charge >= 0.3 is 33.8 Å². The van der Waals surface area contributed by atoms with Gasteiger partial charge in [-0.05, 0) is 27.7 Å². The summed E-state index contributed by atoms with van der Waals surface area (Å²) in [4.78, 5) is 35.6. The Kier molecular flexibility index (Phi) is 59.4. The van der Waals surface area contributed by atoms with Crippen LogP contribution in [-0.2, 0) is 53.0 Å². The fraction of sp³-hybridized carbons (Fsp3) is 0.500. The molecular weight excluding hydrogens is 347 g/mol. The molecule has 0 aliphatic carbocycles. The van der Waals surface area contributed by atoms with Crippen molar-refractivity contribution < 1.29 is 73.5 Å². The zero-order chi connectivity index (χ0) is 14.3. The van der Waals surface area contributed by atoms with Gasteiger partial charge in [-0.1, -0.05) is 0 Å². The third kappa shape index (κ3) is 2410. The third-order valence-corrected chi connectivity index (χ3v) is 0. The number of hydrogen-bond donors (Lipinski definition) is 0. The second kappa shape index (κ2) is 29.7. The number of rotatable bonds is 0. The van der Waals surface area contributed by atoms with Crippen LogP contribution >= 0.6 is 0 Å². The number of carboxylic acids is 4. The monoisotopic (exact) mass is 358 g/mol. The van der Waals surface area contributed by atoms with Gasteiger partial charge in [-0.3, -0.25) is 0 Å². The molecule has 0 aliphatic rings. The van der Waals surface area contributed by atoms with Crippen molar-refractivity contribution in [2.75, 3.05) is 0 Å². The van der Waals surface area contributed by atoms with E-state index in [-0.39, 0.29) is 33.8 Å². The van der Waals surface area contributed by atoms with Gasteiger partial charge in [0.1, 0.15) is 0 Å². The van der Waals surface area contributed by atoms with Crippen LogP contribution in [0.2, 0.25) is 0 Å². The molecule has 0 aliphatic heterocycles. The van der Waals surface area contributed by atoms with Crippen LogP contribution in [0.5, 0.6) is 0 Å². The maximum Gasteiger partial charge on any atom is 2.00 e. The van der Waals surface area contributed by atoms with E-state index in [2.05, 4.69) is 0 Å². The average Bonchev–Trinajstić information content (AvgIpc) is 1.76. The first-order valence-corrected chi connectivity index (χ1v) is 3.63. The van der Waals surface area contributed by atoms with E-state index in [0.717, 1.165) is 27.7 Å². The van der Waals surface area contributed by atoms with Crippen molar-refractivity contribution in [3.63, 3.8) is 0 Å². The summed E-state index contributed by atoms with van der Waals surface area (Å²) in [5.41, 5.74) is 0. The molecule has 0 aromatic heterocycles. The Morgan fingerprint density at radius 2 is 0.556 bits per heavy atom. The molecule has 0 fully saturated rings. The van der Waals surface area contributed by atoms with E-state index in [0.29, 0.717) is 0 Å². The van der Waals surface area contributed by atoms with E-state index in [1.165, 1.54) is 0 Å². The molecule has 0 aromatic rings. The number of carbonyl (C=O) groups excluding carboxylic acids is 4. The van der Waals surface area contributed by atoms with Gasteiger partial charge in [0, 0.05) is 23.9 Å². The first-order valence-electron chi connectivity index (χ1n) is 3.63. The third-order valence-electron chi connectivity index (χ3n) is 0. The molecule has 0 bridgehead atoms. The summed E-state index contributed by atoms with van der Waals surface area (Å²) in [7, 11) is 0. The van der Waals surface area contributed by atoms with Gasteiger partial charge in [0.2, 0.25) is 0 Å². The van der Waals surface area contributed by atoms with Crippen LogP contribution in [0.4, 0.5) is 0 Å². The van der Waals surface area contributed by atoms with Gasteiger partial charge in [0.15, 0.2) is 0 Å². The summed E-state index contributed by atoms with van der Waals surface area (Å²) in [5.74, 6) is -4.33. The average molecular weight is 359 g/mol. The number of hydrogen-bond acceptors (Lipinski definition) is 8. The molecule has 0 rings (SSSR count). The molecule has 112 valence electrons. The molecule has 0 saturated carbocycles. The van der Waals surface area contributed by atoms with Crippen molar-refractivity contribution >= 4 is 23.9 Å². The van der Waals surface area contributed by atoms with Crippen LogP contribution in [0.1, 0.15) is 27.7 Å². The maximum atomic E-state index is 8.89. The van der Waals surface area contributed by atoms with Crippen LogP contribution < -0.4 is 20.4 Å². The maximum absolute atomic E-state index is 8.89. The van der Waals surface area contributed by atoms with Crippen LogP contribution in [0.25, 0.3) is 0 Å². The largest absolute Gasteiger partial charge is 2.00 e. The molecule has 0 unspecified atom stereocenters. The Bertz CT molecular complexity index is 167. The molecule has 8 nitrogen and oxygen atoms in total. The van der Waals surface area contributed by atoms with Crippen molar-refractivity contribution in [1.29, 1.82) is 0 Å². The van der Waals surface area contributed by atoms with E-state index in [1.54, 1.807) is 0 Å². The summed E-state index contributed by atoms with van der Waals surface area (Å²) >= 11 is 0. The zero-order valence-corrected chi connectivity index (χ0v) is 11.9. The van der Waals surface area contributed by atoms with Gasteiger partial charge in [-0.25, -0.2) is 0 Å². The molecule has 0 aromatic carbocycles. The molecule has 0 amide bonds. The number of aliphatic carboxylic acids is 4. The van der Waals surface area contributed by atoms with E-state index >= 15 is 0 Å². The summed E-state index contributed by atoms with van der Waals surface area (Å²) in [5, 5.41) is 35.6. The van der Waals surface area contributed by atoms with Crippen LogP contribution in [-0.4, -0.2) is 23.9 Å². The molecule has 0 saturated heterocycles. The van der Waals surface area contributed by atoms with Crippen LogP contribution in [0.3, 0.4) is 0 Å². The van der Waals surface area contributed by atoms with E-state index in [9.17, 15) is 0 Å². The zero-order valence-electron chi connectivity index (χ0n) is 9.90. The minimum Gasteiger partial charge on any atom is -0.550 e. The summed E-state index contributed by atoms with van der Waals surface area (Å²) in [6, 6.07) is 0. The summed E-state index contributed by atoms with van der Waals surface area (Å²) in [6.45, 7) is 3.89. The molecule has 0 atom stereocenters. The van der Waals surface area contributed by atoms with Crippen molar-refractivity contribution in [3.8, 4) is 0 Å². The van der Waals surface area contributed by atoms with Crippen LogP contribution in [0, 0.1) is 0 Å². The first-order chi connectivity index (χ1) is 6.93. The Balaban J connectivity index is -0.0000000257. The minimum absolute atomic E-state index is 0. The van der Waals surface area contributed by atoms with Gasteiger partial charge in [0.25, 0.3) is 0 Å². The van der Waals surface area contributed by atoms with Crippen molar-refractivity contribution in [1.82, 2.24) is 0 Å². The molecule has 0 N–H and O–H groups in total. The minimum atomic E-state index is -1.08. The molecule has 0 heterocycles. The Morgan fingerprint density at radius 1 is 0.556 bits per heavy atom. The van der Waals surface area contributed by atoms with E-state index in [1.807, 2.05) is 0 Å². The van der Waals surface area contributed by atoms with Crippen molar-refractivity contribution in [2.45, 2.75) is 27.7 Å². The van der Waals surface area contributed by atoms with Gasteiger partial charge in [-0.2, -0.15) is 0 Å². The topological polar surface area (TPSA) is 161 Å². The normalized spacial score (nSPS) is 5.56. The Hall–Kier alpha value is -1.09. The fourth-order valence-corrected chi connectivity index (χ4v) is 0. The Labute approximate surface area is 125 Å². The summed E-state index contributed by atoms with van der Waals surface area (Å²) < 4.78 is 0. The number of carbonyl (C=O) groups is 4. The van der Waals surface area contributed by atoms with Crippen molar-refractivity contribution in [3.05, 3.63) is 0 Å². The second-order valence-electron chi connectivity index (χ2n) is 1.97. The smallest absolute Gasteiger partial charge is 0.550 e. The van der Waals surface area contributed by atoms with Crippen molar-refractivity contribution in [2.24, 2.45) is 0 Å². The summed E-state index contributed by atoms with van der Waals surface area (Å²) in [6.07, 6.45) is 0. The fourth-order valence-electron chi connectivity index (χ4n) is 0. The predicted molar refractivity (Wildman–Crippen MR) is 42.7 cm³/mol. The van der Waals surface area contributed by atoms with Crippen LogP contribution in [0.15, 0.2) is 0 Å². The SMILES string of the molecule is CC(=O)[O-].CC(=O)[O-].CC(=O)[O-].CC(=O)[O-].[Co+2].[Cu+2]. The number of carboxylic acid groups (broad SMARTS) is 4. The van der Waals surface area contributed by atoms with Gasteiger partial charge in [-0.15, -0.1) is 0 Å².